The molecule has 0 bridgehead atoms. The number of pyridine rings is 1. The number of benzene rings is 2. The molecule has 0 saturated heterocycles. The average Bonchev–Trinajstić information content (AvgIpc) is 3.77. The Bertz CT molecular complexity index is 1740. The Morgan fingerprint density at radius 2 is 1.76 bits per heavy atom. The Hall–Kier alpha value is -4.69. The molecule has 0 radical (unpaired) electrons. The number of fused-ring (bicyclic) bond motifs is 1. The highest BCUT2D eigenvalue weighted by Crippen LogP contribution is 2.47. The zero-order chi connectivity index (χ0) is 30.1. The number of hydrogen-bond acceptors (Lipinski definition) is 9. The third kappa shape index (κ3) is 6.14. The first-order valence-electron chi connectivity index (χ1n) is 12.7. The van der Waals surface area contributed by atoms with Crippen LogP contribution in [0.5, 0.6) is 23.0 Å². The number of amides is 2. The van der Waals surface area contributed by atoms with Crippen molar-refractivity contribution in [2.45, 2.75) is 25.3 Å². The number of anilines is 1. The summed E-state index contributed by atoms with van der Waals surface area (Å²) in [5, 5.41) is 5.96. The second-order valence-corrected chi connectivity index (χ2v) is 10.6. The molecule has 1 unspecified atom stereocenters. The van der Waals surface area contributed by atoms with Gasteiger partial charge in [0.15, 0.2) is 17.2 Å². The molecule has 1 atom stereocenters. The molecule has 1 fully saturated rings. The lowest BCUT2D eigenvalue weighted by atomic mass is 10.0. The molecule has 14 heteroatoms. The van der Waals surface area contributed by atoms with E-state index < -0.39 is 45.2 Å². The lowest BCUT2D eigenvalue weighted by molar-refractivity contribution is -0.134. The summed E-state index contributed by atoms with van der Waals surface area (Å²) in [5.74, 6) is -0.571. The van der Waals surface area contributed by atoms with Crippen molar-refractivity contribution >= 4 is 38.8 Å². The number of hydrogen-bond donors (Lipinski definition) is 3. The predicted molar refractivity (Wildman–Crippen MR) is 148 cm³/mol. The Morgan fingerprint density at radius 1 is 1.02 bits per heavy atom. The third-order valence-corrected chi connectivity index (χ3v) is 7.21. The fourth-order valence-corrected chi connectivity index (χ4v) is 4.82. The van der Waals surface area contributed by atoms with Gasteiger partial charge in [-0.2, -0.15) is 8.42 Å². The maximum atomic E-state index is 13.6. The van der Waals surface area contributed by atoms with E-state index in [4.69, 9.17) is 18.8 Å². The van der Waals surface area contributed by atoms with Crippen molar-refractivity contribution in [2.75, 3.05) is 19.5 Å². The lowest BCUT2D eigenvalue weighted by Gasteiger charge is -2.22. The summed E-state index contributed by atoms with van der Waals surface area (Å²) in [7, 11) is -1.91. The molecule has 220 valence electrons. The van der Waals surface area contributed by atoms with E-state index >= 15 is 0 Å². The van der Waals surface area contributed by atoms with Crippen LogP contribution in [0.2, 0.25) is 0 Å². The zero-order valence-electron chi connectivity index (χ0n) is 22.4. The molecule has 2 aliphatic rings. The number of aromatic nitrogens is 1. The summed E-state index contributed by atoms with van der Waals surface area (Å²) in [6.45, 7) is 0. The van der Waals surface area contributed by atoms with Crippen molar-refractivity contribution in [1.29, 1.82) is 0 Å². The van der Waals surface area contributed by atoms with Crippen molar-refractivity contribution in [3.63, 3.8) is 0 Å². The SMILES string of the molecule is COc1cc2nccc(OC3=CCC(NC(=O)C4(C(=O)Nc5ccc(F)cc5OS(=O)(=O)O)CC4)C=C3)c2cc1OC. The fourth-order valence-electron chi connectivity index (χ4n) is 4.46. The van der Waals surface area contributed by atoms with Gasteiger partial charge >= 0.3 is 10.4 Å². The Balaban J connectivity index is 1.23. The van der Waals surface area contributed by atoms with Gasteiger partial charge in [0.1, 0.15) is 22.7 Å². The van der Waals surface area contributed by atoms with Crippen molar-refractivity contribution < 1.29 is 45.3 Å². The quantitative estimate of drug-likeness (QED) is 0.231. The van der Waals surface area contributed by atoms with Gasteiger partial charge in [-0.1, -0.05) is 6.08 Å². The van der Waals surface area contributed by atoms with E-state index in [1.165, 1.54) is 7.11 Å². The van der Waals surface area contributed by atoms with Crippen molar-refractivity contribution in [2.24, 2.45) is 5.41 Å². The smallest absolute Gasteiger partial charge is 0.446 e. The molecule has 3 N–H and O–H groups in total. The van der Waals surface area contributed by atoms with Gasteiger partial charge in [-0.3, -0.25) is 19.1 Å². The molecule has 2 aliphatic carbocycles. The third-order valence-electron chi connectivity index (χ3n) is 6.82. The zero-order valence-corrected chi connectivity index (χ0v) is 23.2. The van der Waals surface area contributed by atoms with Crippen LogP contribution in [-0.4, -0.2) is 50.0 Å². The summed E-state index contributed by atoms with van der Waals surface area (Å²) >= 11 is 0. The maximum absolute atomic E-state index is 13.6. The standard InChI is InChI=1S/C28H26FN3O9S/c1-38-24-14-19-21(15-25(24)39-2)30-12-9-22(19)40-18-6-4-17(5-7-18)31-26(33)28(10-11-28)27(34)32-20-8-3-16(29)13-23(20)41-42(35,36)37/h3-4,6-9,12-15,17H,5,10-11H2,1-2H3,(H,31,33)(H,32,34)(H,35,36,37). The molecule has 2 aromatic carbocycles. The molecule has 3 aromatic rings. The molecule has 2 amide bonds. The number of carbonyl (C=O) groups is 2. The molecular formula is C28H26FN3O9S. The van der Waals surface area contributed by atoms with Crippen LogP contribution in [-0.2, 0) is 20.0 Å². The van der Waals surface area contributed by atoms with Crippen LogP contribution in [0.15, 0.2) is 66.6 Å². The minimum Gasteiger partial charge on any atom is -0.493 e. The van der Waals surface area contributed by atoms with Crippen molar-refractivity contribution in [3.05, 3.63) is 72.4 Å². The Morgan fingerprint density at radius 3 is 2.40 bits per heavy atom. The summed E-state index contributed by atoms with van der Waals surface area (Å²) in [4.78, 5) is 30.5. The molecular weight excluding hydrogens is 573 g/mol. The molecule has 0 aliphatic heterocycles. The first kappa shape index (κ1) is 28.8. The van der Waals surface area contributed by atoms with Crippen molar-refractivity contribution in [1.82, 2.24) is 10.3 Å². The number of carbonyl (C=O) groups excluding carboxylic acids is 2. The average molecular weight is 600 g/mol. The molecule has 0 spiro atoms. The molecule has 12 nitrogen and oxygen atoms in total. The van der Waals surface area contributed by atoms with E-state index in [1.807, 2.05) is 0 Å². The summed E-state index contributed by atoms with van der Waals surface area (Å²) in [6, 6.07) is 7.54. The second-order valence-electron chi connectivity index (χ2n) is 9.60. The van der Waals surface area contributed by atoms with E-state index in [-0.39, 0.29) is 18.5 Å². The minimum absolute atomic E-state index is 0.222. The van der Waals surface area contributed by atoms with Gasteiger partial charge in [-0.05, 0) is 55.7 Å². The highest BCUT2D eigenvalue weighted by atomic mass is 32.3. The van der Waals surface area contributed by atoms with E-state index in [2.05, 4.69) is 19.8 Å². The van der Waals surface area contributed by atoms with Gasteiger partial charge in [0.05, 0.1) is 31.5 Å². The summed E-state index contributed by atoms with van der Waals surface area (Å²) < 4.78 is 66.0. The number of nitrogens with zero attached hydrogens (tertiary/aromatic N) is 1. The predicted octanol–water partition coefficient (Wildman–Crippen LogP) is 3.70. The normalized spacial score (nSPS) is 17.1. The van der Waals surface area contributed by atoms with E-state index in [0.29, 0.717) is 46.4 Å². The number of rotatable bonds is 10. The maximum Gasteiger partial charge on any atom is 0.446 e. The highest BCUT2D eigenvalue weighted by molar-refractivity contribution is 7.81. The van der Waals surface area contributed by atoms with Crippen LogP contribution in [0, 0.1) is 11.2 Å². The van der Waals surface area contributed by atoms with Crippen LogP contribution in [0.4, 0.5) is 10.1 Å². The fraction of sp³-hybridized carbons (Fsp3) is 0.250. The van der Waals surface area contributed by atoms with Gasteiger partial charge in [0.2, 0.25) is 11.8 Å². The number of methoxy groups -OCH3 is 2. The number of nitrogens with one attached hydrogen (secondary N) is 2. The van der Waals surface area contributed by atoms with Crippen LogP contribution < -0.4 is 29.0 Å². The monoisotopic (exact) mass is 599 g/mol. The number of ether oxygens (including phenoxy) is 3. The van der Waals surface area contributed by atoms with Gasteiger partial charge in [0, 0.05) is 23.7 Å². The van der Waals surface area contributed by atoms with E-state index in [9.17, 15) is 22.4 Å². The summed E-state index contributed by atoms with van der Waals surface area (Å²) in [5.41, 5.74) is -0.963. The molecule has 1 heterocycles. The van der Waals surface area contributed by atoms with E-state index in [0.717, 1.165) is 12.1 Å². The van der Waals surface area contributed by atoms with Crippen LogP contribution >= 0.6 is 0 Å². The topological polar surface area (TPSA) is 162 Å². The first-order chi connectivity index (χ1) is 20.0. The van der Waals surface area contributed by atoms with Crippen LogP contribution in [0.1, 0.15) is 19.3 Å². The number of allylic oxidation sites excluding steroid dienone is 1. The van der Waals surface area contributed by atoms with Crippen molar-refractivity contribution in [3.8, 4) is 23.0 Å². The lowest BCUT2D eigenvalue weighted by Crippen LogP contribution is -2.44. The first-order valence-corrected chi connectivity index (χ1v) is 14.0. The summed E-state index contributed by atoms with van der Waals surface area (Å²) in [6.07, 6.45) is 7.76. The Kier molecular flexibility index (Phi) is 7.75. The van der Waals surface area contributed by atoms with Gasteiger partial charge < -0.3 is 29.0 Å². The molecule has 5 rings (SSSR count). The van der Waals surface area contributed by atoms with Crippen LogP contribution in [0.25, 0.3) is 10.9 Å². The molecule has 42 heavy (non-hydrogen) atoms. The Labute approximate surface area is 240 Å². The van der Waals surface area contributed by atoms with Gasteiger partial charge in [-0.25, -0.2) is 4.39 Å². The minimum atomic E-state index is -4.98. The molecule has 1 aromatic heterocycles. The highest BCUT2D eigenvalue weighted by Gasteiger charge is 2.57. The number of halogens is 1. The largest absolute Gasteiger partial charge is 0.493 e. The van der Waals surface area contributed by atoms with Gasteiger partial charge in [0.25, 0.3) is 0 Å². The van der Waals surface area contributed by atoms with Gasteiger partial charge in [-0.15, -0.1) is 0 Å². The van der Waals surface area contributed by atoms with E-state index in [1.54, 1.807) is 49.7 Å². The van der Waals surface area contributed by atoms with Crippen LogP contribution in [0.3, 0.4) is 0 Å². The molecule has 1 saturated carbocycles. The second kappa shape index (κ2) is 11.3.